The number of ether oxygens (including phenoxy) is 1. The molecular formula is C16H28O2. The van der Waals surface area contributed by atoms with Crippen molar-refractivity contribution >= 4 is 5.97 Å². The zero-order valence-corrected chi connectivity index (χ0v) is 12.5. The quantitative estimate of drug-likeness (QED) is 0.364. The molecule has 2 heteroatoms. The fourth-order valence-electron chi connectivity index (χ4n) is 1.59. The lowest BCUT2D eigenvalue weighted by atomic mass is 9.89. The summed E-state index contributed by atoms with van der Waals surface area (Å²) in [5, 5.41) is 0. The van der Waals surface area contributed by atoms with Crippen molar-refractivity contribution in [3.8, 4) is 0 Å². The molecule has 0 saturated carbocycles. The van der Waals surface area contributed by atoms with Gasteiger partial charge in [0.05, 0.1) is 7.11 Å². The van der Waals surface area contributed by atoms with Crippen molar-refractivity contribution in [1.82, 2.24) is 0 Å². The molecule has 0 N–H and O–H groups in total. The maximum atomic E-state index is 10.8. The van der Waals surface area contributed by atoms with E-state index in [4.69, 9.17) is 0 Å². The van der Waals surface area contributed by atoms with E-state index < -0.39 is 0 Å². The number of hydrogen-bond donors (Lipinski definition) is 0. The lowest BCUT2D eigenvalue weighted by Gasteiger charge is -2.17. The minimum absolute atomic E-state index is 0.307. The van der Waals surface area contributed by atoms with Gasteiger partial charge < -0.3 is 4.74 Å². The van der Waals surface area contributed by atoms with Crippen LogP contribution in [0, 0.1) is 17.8 Å². The summed E-state index contributed by atoms with van der Waals surface area (Å²) in [6.45, 7) is 9.17. The maximum Gasteiger partial charge on any atom is 0.330 e. The number of rotatable bonds is 8. The molecule has 0 aromatic rings. The van der Waals surface area contributed by atoms with Crippen LogP contribution in [0.2, 0.25) is 0 Å². The van der Waals surface area contributed by atoms with Gasteiger partial charge in [0.15, 0.2) is 0 Å². The molecule has 0 saturated heterocycles. The van der Waals surface area contributed by atoms with E-state index in [-0.39, 0.29) is 5.97 Å². The van der Waals surface area contributed by atoms with Gasteiger partial charge in [0, 0.05) is 6.08 Å². The summed E-state index contributed by atoms with van der Waals surface area (Å²) in [4.78, 5) is 10.8. The SMILES string of the molecule is COC(=O)C=CC=CCC(C)CCC(C)C(C)C. The highest BCUT2D eigenvalue weighted by Crippen LogP contribution is 2.20. The predicted molar refractivity (Wildman–Crippen MR) is 77.3 cm³/mol. The van der Waals surface area contributed by atoms with Crippen molar-refractivity contribution in [3.63, 3.8) is 0 Å². The van der Waals surface area contributed by atoms with Crippen molar-refractivity contribution < 1.29 is 9.53 Å². The smallest absolute Gasteiger partial charge is 0.330 e. The lowest BCUT2D eigenvalue weighted by Crippen LogP contribution is -2.05. The lowest BCUT2D eigenvalue weighted by molar-refractivity contribution is -0.134. The summed E-state index contributed by atoms with van der Waals surface area (Å²) in [6, 6.07) is 0. The molecule has 0 spiro atoms. The van der Waals surface area contributed by atoms with Crippen LogP contribution in [0.15, 0.2) is 24.3 Å². The Morgan fingerprint density at radius 3 is 2.33 bits per heavy atom. The molecule has 0 radical (unpaired) electrons. The summed E-state index contributed by atoms with van der Waals surface area (Å²) in [6.07, 6.45) is 10.8. The van der Waals surface area contributed by atoms with Crippen molar-refractivity contribution in [1.29, 1.82) is 0 Å². The van der Waals surface area contributed by atoms with Gasteiger partial charge in [0.2, 0.25) is 0 Å². The average Bonchev–Trinajstić information content (AvgIpc) is 2.34. The monoisotopic (exact) mass is 252 g/mol. The van der Waals surface area contributed by atoms with Crippen molar-refractivity contribution in [2.75, 3.05) is 7.11 Å². The van der Waals surface area contributed by atoms with Gasteiger partial charge in [-0.15, -0.1) is 0 Å². The molecular weight excluding hydrogens is 224 g/mol. The van der Waals surface area contributed by atoms with Gasteiger partial charge in [-0.25, -0.2) is 4.79 Å². The molecule has 0 rings (SSSR count). The normalized spacial score (nSPS) is 15.4. The fraction of sp³-hybridized carbons (Fsp3) is 0.688. The minimum atomic E-state index is -0.307. The molecule has 2 unspecified atom stereocenters. The van der Waals surface area contributed by atoms with Crippen LogP contribution in [0.3, 0.4) is 0 Å². The van der Waals surface area contributed by atoms with Gasteiger partial charge in [0.25, 0.3) is 0 Å². The summed E-state index contributed by atoms with van der Waals surface area (Å²) >= 11 is 0. The Balaban J connectivity index is 3.76. The highest BCUT2D eigenvalue weighted by Gasteiger charge is 2.08. The average molecular weight is 252 g/mol. The zero-order valence-electron chi connectivity index (χ0n) is 12.5. The third kappa shape index (κ3) is 9.03. The Morgan fingerprint density at radius 2 is 1.78 bits per heavy atom. The molecule has 0 bridgehead atoms. The molecule has 0 aliphatic carbocycles. The summed E-state index contributed by atoms with van der Waals surface area (Å²) in [5.41, 5.74) is 0. The van der Waals surface area contributed by atoms with Crippen molar-refractivity contribution in [2.45, 2.75) is 47.0 Å². The van der Waals surface area contributed by atoms with Gasteiger partial charge in [-0.1, -0.05) is 58.8 Å². The van der Waals surface area contributed by atoms with E-state index >= 15 is 0 Å². The van der Waals surface area contributed by atoms with Crippen LogP contribution in [0.4, 0.5) is 0 Å². The number of carbonyl (C=O) groups is 1. The Hall–Kier alpha value is -1.05. The number of methoxy groups -OCH3 is 1. The molecule has 18 heavy (non-hydrogen) atoms. The Kier molecular flexibility index (Phi) is 9.35. The molecule has 2 nitrogen and oxygen atoms in total. The summed E-state index contributed by atoms with van der Waals surface area (Å²) in [7, 11) is 1.38. The predicted octanol–water partition coefficient (Wildman–Crippen LogP) is 4.37. The standard InChI is InChI=1S/C16H28O2/c1-13(2)15(4)12-11-14(3)9-7-6-8-10-16(17)18-5/h6-8,10,13-15H,9,11-12H2,1-5H3. The van der Waals surface area contributed by atoms with Crippen LogP contribution >= 0.6 is 0 Å². The van der Waals surface area contributed by atoms with E-state index in [1.54, 1.807) is 6.08 Å². The van der Waals surface area contributed by atoms with E-state index in [0.29, 0.717) is 5.92 Å². The molecule has 0 aromatic heterocycles. The second-order valence-electron chi connectivity index (χ2n) is 5.45. The Morgan fingerprint density at radius 1 is 1.11 bits per heavy atom. The highest BCUT2D eigenvalue weighted by molar-refractivity contribution is 5.82. The summed E-state index contributed by atoms with van der Waals surface area (Å²) in [5.74, 6) is 1.97. The van der Waals surface area contributed by atoms with Gasteiger partial charge in [-0.2, -0.15) is 0 Å². The van der Waals surface area contributed by atoms with Gasteiger partial charge >= 0.3 is 5.97 Å². The van der Waals surface area contributed by atoms with Crippen molar-refractivity contribution in [3.05, 3.63) is 24.3 Å². The molecule has 0 fully saturated rings. The van der Waals surface area contributed by atoms with Crippen LogP contribution in [-0.4, -0.2) is 13.1 Å². The number of allylic oxidation sites excluding steroid dienone is 3. The van der Waals surface area contributed by atoms with Gasteiger partial charge in [-0.3, -0.25) is 0 Å². The molecule has 0 aliphatic heterocycles. The van der Waals surface area contributed by atoms with E-state index in [0.717, 1.165) is 18.3 Å². The molecule has 104 valence electrons. The number of carbonyl (C=O) groups excluding carboxylic acids is 1. The third-order valence-electron chi connectivity index (χ3n) is 3.47. The van der Waals surface area contributed by atoms with Crippen molar-refractivity contribution in [2.24, 2.45) is 17.8 Å². The Labute approximate surface area is 112 Å². The van der Waals surface area contributed by atoms with Crippen LogP contribution in [0.25, 0.3) is 0 Å². The molecule has 0 aromatic carbocycles. The largest absolute Gasteiger partial charge is 0.466 e. The van der Waals surface area contributed by atoms with E-state index in [2.05, 4.69) is 38.5 Å². The first-order valence-electron chi connectivity index (χ1n) is 6.88. The van der Waals surface area contributed by atoms with E-state index in [1.165, 1.54) is 26.0 Å². The fourth-order valence-corrected chi connectivity index (χ4v) is 1.59. The summed E-state index contributed by atoms with van der Waals surface area (Å²) < 4.78 is 4.51. The second-order valence-corrected chi connectivity index (χ2v) is 5.45. The third-order valence-corrected chi connectivity index (χ3v) is 3.47. The zero-order chi connectivity index (χ0) is 14.0. The first-order valence-corrected chi connectivity index (χ1v) is 6.88. The van der Waals surface area contributed by atoms with Crippen LogP contribution in [0.1, 0.15) is 47.0 Å². The molecule has 2 atom stereocenters. The first-order chi connectivity index (χ1) is 8.47. The maximum absolute atomic E-state index is 10.8. The number of esters is 1. The molecule has 0 heterocycles. The number of hydrogen-bond acceptors (Lipinski definition) is 2. The van der Waals surface area contributed by atoms with Crippen LogP contribution in [0.5, 0.6) is 0 Å². The van der Waals surface area contributed by atoms with Crippen LogP contribution in [-0.2, 0) is 9.53 Å². The first kappa shape index (κ1) is 16.9. The topological polar surface area (TPSA) is 26.3 Å². The highest BCUT2D eigenvalue weighted by atomic mass is 16.5. The molecule has 0 aliphatic rings. The molecule has 0 amide bonds. The van der Waals surface area contributed by atoms with Gasteiger partial charge in [-0.05, 0) is 24.2 Å². The van der Waals surface area contributed by atoms with Gasteiger partial charge in [0.1, 0.15) is 0 Å². The Bertz CT molecular complexity index is 277. The minimum Gasteiger partial charge on any atom is -0.466 e. The second kappa shape index (κ2) is 9.93. The van der Waals surface area contributed by atoms with Crippen LogP contribution < -0.4 is 0 Å². The van der Waals surface area contributed by atoms with E-state index in [1.807, 2.05) is 6.08 Å². The van der Waals surface area contributed by atoms with E-state index in [9.17, 15) is 4.79 Å².